The van der Waals surface area contributed by atoms with Gasteiger partial charge in [0.15, 0.2) is 5.58 Å². The van der Waals surface area contributed by atoms with Gasteiger partial charge in [-0.1, -0.05) is 35.9 Å². The lowest BCUT2D eigenvalue weighted by Gasteiger charge is -2.07. The van der Waals surface area contributed by atoms with Crippen molar-refractivity contribution in [2.24, 2.45) is 0 Å². The Labute approximate surface area is 159 Å². The molecule has 4 aromatic rings. The molecule has 1 aromatic heterocycles. The Kier molecular flexibility index (Phi) is 4.38. The second-order valence-corrected chi connectivity index (χ2v) is 6.47. The third-order valence-electron chi connectivity index (χ3n) is 4.21. The third-order valence-corrected chi connectivity index (χ3v) is 4.53. The molecular weight excluding hydrogens is 367 g/mol. The first-order chi connectivity index (χ1) is 13.0. The van der Waals surface area contributed by atoms with Crippen molar-refractivity contribution in [1.82, 2.24) is 4.98 Å². The number of fused-ring (bicyclic) bond motifs is 1. The molecule has 3 aromatic carbocycles. The lowest BCUT2D eigenvalue weighted by atomic mass is 10.1. The van der Waals surface area contributed by atoms with Crippen molar-refractivity contribution in [2.45, 2.75) is 6.92 Å². The average Bonchev–Trinajstić information content (AvgIpc) is 3.05. The van der Waals surface area contributed by atoms with Crippen LogP contribution in [0.4, 0.5) is 10.1 Å². The van der Waals surface area contributed by atoms with Gasteiger partial charge in [0.1, 0.15) is 11.3 Å². The van der Waals surface area contributed by atoms with Gasteiger partial charge < -0.3 is 9.73 Å². The molecule has 0 saturated heterocycles. The van der Waals surface area contributed by atoms with E-state index in [0.29, 0.717) is 22.7 Å². The van der Waals surface area contributed by atoms with Crippen molar-refractivity contribution in [3.05, 3.63) is 82.6 Å². The van der Waals surface area contributed by atoms with E-state index in [2.05, 4.69) is 10.3 Å². The highest BCUT2D eigenvalue weighted by Gasteiger charge is 2.17. The fourth-order valence-corrected chi connectivity index (χ4v) is 3.09. The molecule has 4 rings (SSSR count). The number of nitrogens with one attached hydrogen (secondary N) is 1. The molecule has 4 nitrogen and oxygen atoms in total. The van der Waals surface area contributed by atoms with Crippen molar-refractivity contribution in [3.8, 4) is 11.5 Å². The molecule has 0 bridgehead atoms. The van der Waals surface area contributed by atoms with E-state index in [1.54, 1.807) is 18.2 Å². The highest BCUT2D eigenvalue weighted by molar-refractivity contribution is 6.34. The van der Waals surface area contributed by atoms with E-state index in [4.69, 9.17) is 16.0 Å². The highest BCUT2D eigenvalue weighted by Crippen LogP contribution is 2.28. The van der Waals surface area contributed by atoms with E-state index in [0.717, 1.165) is 11.1 Å². The summed E-state index contributed by atoms with van der Waals surface area (Å²) in [6, 6.07) is 16.9. The number of nitrogens with zero attached hydrogens (tertiary/aromatic N) is 1. The molecule has 1 amide bonds. The number of hydrogen-bond acceptors (Lipinski definition) is 3. The molecule has 1 heterocycles. The first-order valence-corrected chi connectivity index (χ1v) is 8.62. The number of halogens is 2. The van der Waals surface area contributed by atoms with Crippen LogP contribution in [0.3, 0.4) is 0 Å². The normalized spacial score (nSPS) is 10.9. The van der Waals surface area contributed by atoms with Crippen LogP contribution >= 0.6 is 11.6 Å². The maximum atomic E-state index is 13.9. The van der Waals surface area contributed by atoms with E-state index >= 15 is 0 Å². The molecule has 0 aliphatic heterocycles. The third kappa shape index (κ3) is 3.29. The summed E-state index contributed by atoms with van der Waals surface area (Å²) in [5.74, 6) is -0.803. The molecule has 27 heavy (non-hydrogen) atoms. The largest absolute Gasteiger partial charge is 0.436 e. The number of carbonyl (C=O) groups excluding carboxylic acids is 1. The van der Waals surface area contributed by atoms with E-state index in [9.17, 15) is 9.18 Å². The van der Waals surface area contributed by atoms with Gasteiger partial charge in [-0.15, -0.1) is 0 Å². The van der Waals surface area contributed by atoms with Crippen LogP contribution in [0.5, 0.6) is 0 Å². The zero-order chi connectivity index (χ0) is 19.0. The first-order valence-electron chi connectivity index (χ1n) is 8.25. The van der Waals surface area contributed by atoms with Crippen molar-refractivity contribution < 1.29 is 13.6 Å². The molecule has 0 atom stereocenters. The van der Waals surface area contributed by atoms with Crippen LogP contribution in [-0.4, -0.2) is 10.9 Å². The maximum absolute atomic E-state index is 13.9. The molecular formula is C21H14ClFN2O2. The summed E-state index contributed by atoms with van der Waals surface area (Å²) in [6.07, 6.45) is 0. The SMILES string of the molecule is Cc1ccccc1-c1nc2ccc(NC(=O)c3c(F)cccc3Cl)cc2o1. The van der Waals surface area contributed by atoms with Gasteiger partial charge in [-0.3, -0.25) is 4.79 Å². The van der Waals surface area contributed by atoms with Crippen LogP contribution in [0.15, 0.2) is 65.1 Å². The quantitative estimate of drug-likeness (QED) is 0.485. The lowest BCUT2D eigenvalue weighted by Crippen LogP contribution is -2.14. The molecule has 134 valence electrons. The number of amides is 1. The average molecular weight is 381 g/mol. The minimum atomic E-state index is -0.678. The Balaban J connectivity index is 1.66. The van der Waals surface area contributed by atoms with E-state index in [1.165, 1.54) is 18.2 Å². The maximum Gasteiger partial charge on any atom is 0.260 e. The van der Waals surface area contributed by atoms with Crippen LogP contribution in [0.25, 0.3) is 22.6 Å². The zero-order valence-electron chi connectivity index (χ0n) is 14.3. The van der Waals surface area contributed by atoms with Crippen molar-refractivity contribution in [1.29, 1.82) is 0 Å². The Morgan fingerprint density at radius 3 is 2.70 bits per heavy atom. The molecule has 0 aliphatic carbocycles. The number of oxazole rings is 1. The van der Waals surface area contributed by atoms with Crippen molar-refractivity contribution >= 4 is 34.3 Å². The van der Waals surface area contributed by atoms with Gasteiger partial charge in [-0.25, -0.2) is 9.37 Å². The Morgan fingerprint density at radius 1 is 1.11 bits per heavy atom. The predicted molar refractivity (Wildman–Crippen MR) is 104 cm³/mol. The van der Waals surface area contributed by atoms with Crippen LogP contribution in [0.1, 0.15) is 15.9 Å². The van der Waals surface area contributed by atoms with Crippen LogP contribution in [0, 0.1) is 12.7 Å². The second-order valence-electron chi connectivity index (χ2n) is 6.07. The van der Waals surface area contributed by atoms with E-state index in [-0.39, 0.29) is 10.6 Å². The van der Waals surface area contributed by atoms with Gasteiger partial charge in [0.05, 0.1) is 10.6 Å². The van der Waals surface area contributed by atoms with E-state index < -0.39 is 11.7 Å². The van der Waals surface area contributed by atoms with Gasteiger partial charge in [-0.05, 0) is 42.8 Å². The summed E-state index contributed by atoms with van der Waals surface area (Å²) in [5.41, 5.74) is 3.39. The minimum absolute atomic E-state index is 0.0510. The van der Waals surface area contributed by atoms with Gasteiger partial charge >= 0.3 is 0 Å². The number of aryl methyl sites for hydroxylation is 1. The molecule has 1 N–H and O–H groups in total. The summed E-state index contributed by atoms with van der Waals surface area (Å²) in [4.78, 5) is 16.9. The molecule has 0 spiro atoms. The number of carbonyl (C=O) groups is 1. The Morgan fingerprint density at radius 2 is 1.93 bits per heavy atom. The molecule has 0 radical (unpaired) electrons. The Bertz CT molecular complexity index is 1150. The number of benzene rings is 3. The predicted octanol–water partition coefficient (Wildman–Crippen LogP) is 5.85. The summed E-state index contributed by atoms with van der Waals surface area (Å²) < 4.78 is 19.8. The van der Waals surface area contributed by atoms with Gasteiger partial charge in [0, 0.05) is 17.3 Å². The molecule has 6 heteroatoms. The van der Waals surface area contributed by atoms with Crippen LogP contribution < -0.4 is 5.32 Å². The van der Waals surface area contributed by atoms with Gasteiger partial charge in [0.25, 0.3) is 5.91 Å². The summed E-state index contributed by atoms with van der Waals surface area (Å²) >= 11 is 5.94. The fourth-order valence-electron chi connectivity index (χ4n) is 2.84. The molecule has 0 fully saturated rings. The summed E-state index contributed by atoms with van der Waals surface area (Å²) in [7, 11) is 0. The zero-order valence-corrected chi connectivity index (χ0v) is 15.0. The van der Waals surface area contributed by atoms with E-state index in [1.807, 2.05) is 31.2 Å². The van der Waals surface area contributed by atoms with Crippen LogP contribution in [0.2, 0.25) is 5.02 Å². The molecule has 0 unspecified atom stereocenters. The van der Waals surface area contributed by atoms with Crippen LogP contribution in [-0.2, 0) is 0 Å². The fraction of sp³-hybridized carbons (Fsp3) is 0.0476. The monoisotopic (exact) mass is 380 g/mol. The minimum Gasteiger partial charge on any atom is -0.436 e. The van der Waals surface area contributed by atoms with Crippen molar-refractivity contribution in [2.75, 3.05) is 5.32 Å². The topological polar surface area (TPSA) is 55.1 Å². The lowest BCUT2D eigenvalue weighted by molar-refractivity contribution is 0.102. The molecule has 0 saturated carbocycles. The Hall–Kier alpha value is -3.18. The summed E-state index contributed by atoms with van der Waals surface area (Å²) in [6.45, 7) is 1.98. The number of rotatable bonds is 3. The number of aromatic nitrogens is 1. The first kappa shape index (κ1) is 17.2. The van der Waals surface area contributed by atoms with Crippen molar-refractivity contribution in [3.63, 3.8) is 0 Å². The standard InChI is InChI=1S/C21H14ClFN2O2/c1-12-5-2-3-6-14(12)21-25-17-10-9-13(11-18(17)27-21)24-20(26)19-15(22)7-4-8-16(19)23/h2-11H,1H3,(H,24,26). The smallest absolute Gasteiger partial charge is 0.260 e. The second kappa shape index (κ2) is 6.85. The highest BCUT2D eigenvalue weighted by atomic mass is 35.5. The van der Waals surface area contributed by atoms with Gasteiger partial charge in [0.2, 0.25) is 5.89 Å². The molecule has 0 aliphatic rings. The van der Waals surface area contributed by atoms with Gasteiger partial charge in [-0.2, -0.15) is 0 Å². The number of hydrogen-bond donors (Lipinski definition) is 1. The number of anilines is 1. The summed E-state index contributed by atoms with van der Waals surface area (Å²) in [5, 5.41) is 2.69.